The number of rotatable bonds is 1. The normalized spacial score (nSPS) is 23.0. The lowest BCUT2D eigenvalue weighted by molar-refractivity contribution is -0.152. The first kappa shape index (κ1) is 9.80. The molecular weight excluding hydrogens is 169 g/mol. The molecule has 1 saturated heterocycles. The van der Waals surface area contributed by atoms with E-state index in [1.165, 1.54) is 4.90 Å². The largest absolute Gasteiger partial charge is 0.401 e. The standard InChI is InChI=1S/C7H13F3N2/c1-11-3-2-4-12(6-11)5-7(8,9)10/h2-6H2,1H3. The molecular formula is C7H13F3N2. The summed E-state index contributed by atoms with van der Waals surface area (Å²) < 4.78 is 35.7. The maximum absolute atomic E-state index is 11.9. The summed E-state index contributed by atoms with van der Waals surface area (Å²) in [6.07, 6.45) is -3.23. The van der Waals surface area contributed by atoms with Crippen molar-refractivity contribution in [2.45, 2.75) is 12.6 Å². The van der Waals surface area contributed by atoms with Gasteiger partial charge in [0.2, 0.25) is 0 Å². The molecule has 5 heteroatoms. The Balaban J connectivity index is 2.32. The van der Waals surface area contributed by atoms with E-state index in [1.54, 1.807) is 0 Å². The number of nitrogens with zero attached hydrogens (tertiary/aromatic N) is 2. The fourth-order valence-electron chi connectivity index (χ4n) is 1.43. The number of halogens is 3. The average molecular weight is 182 g/mol. The van der Waals surface area contributed by atoms with Gasteiger partial charge >= 0.3 is 6.18 Å². The summed E-state index contributed by atoms with van der Waals surface area (Å²) in [6, 6.07) is 0. The minimum atomic E-state index is -4.06. The van der Waals surface area contributed by atoms with Crippen molar-refractivity contribution in [3.63, 3.8) is 0 Å². The van der Waals surface area contributed by atoms with Gasteiger partial charge in [-0.05, 0) is 13.5 Å². The predicted molar refractivity (Wildman–Crippen MR) is 39.7 cm³/mol. The molecule has 0 N–H and O–H groups in total. The Hall–Kier alpha value is -0.290. The van der Waals surface area contributed by atoms with Crippen molar-refractivity contribution < 1.29 is 13.2 Å². The fourth-order valence-corrected chi connectivity index (χ4v) is 1.43. The van der Waals surface area contributed by atoms with Crippen molar-refractivity contribution in [1.29, 1.82) is 0 Å². The highest BCUT2D eigenvalue weighted by Gasteiger charge is 2.31. The number of hydrogen-bond donors (Lipinski definition) is 0. The molecule has 0 atom stereocenters. The Morgan fingerprint density at radius 1 is 1.25 bits per heavy atom. The Bertz CT molecular complexity index is 146. The maximum Gasteiger partial charge on any atom is 0.401 e. The van der Waals surface area contributed by atoms with Gasteiger partial charge in [0.05, 0.1) is 13.2 Å². The highest BCUT2D eigenvalue weighted by atomic mass is 19.4. The molecule has 0 radical (unpaired) electrons. The third-order valence-corrected chi connectivity index (χ3v) is 1.86. The van der Waals surface area contributed by atoms with Crippen LogP contribution in [-0.4, -0.2) is 49.3 Å². The summed E-state index contributed by atoms with van der Waals surface area (Å²) in [5.41, 5.74) is 0. The Kier molecular flexibility index (Phi) is 2.95. The molecule has 0 unspecified atom stereocenters. The second-order valence-corrected chi connectivity index (χ2v) is 3.24. The Morgan fingerprint density at radius 3 is 2.42 bits per heavy atom. The van der Waals surface area contributed by atoms with Crippen LogP contribution in [0.3, 0.4) is 0 Å². The highest BCUT2D eigenvalue weighted by Crippen LogP contribution is 2.17. The van der Waals surface area contributed by atoms with E-state index in [0.717, 1.165) is 13.0 Å². The molecule has 0 amide bonds. The van der Waals surface area contributed by atoms with Gasteiger partial charge in [0.1, 0.15) is 0 Å². The molecule has 1 fully saturated rings. The molecule has 0 saturated carbocycles. The quantitative estimate of drug-likeness (QED) is 0.600. The molecule has 72 valence electrons. The zero-order chi connectivity index (χ0) is 9.19. The second kappa shape index (κ2) is 3.62. The fraction of sp³-hybridized carbons (Fsp3) is 1.00. The molecule has 0 aromatic carbocycles. The summed E-state index contributed by atoms with van der Waals surface area (Å²) in [4.78, 5) is 3.32. The SMILES string of the molecule is CN1CCCN(CC(F)(F)F)C1. The second-order valence-electron chi connectivity index (χ2n) is 3.24. The Morgan fingerprint density at radius 2 is 1.92 bits per heavy atom. The van der Waals surface area contributed by atoms with E-state index >= 15 is 0 Å². The molecule has 1 rings (SSSR count). The lowest BCUT2D eigenvalue weighted by Crippen LogP contribution is -2.46. The summed E-state index contributed by atoms with van der Waals surface area (Å²) in [5, 5.41) is 0. The minimum Gasteiger partial charge on any atom is -0.293 e. The van der Waals surface area contributed by atoms with Crippen molar-refractivity contribution in [3.05, 3.63) is 0 Å². The summed E-state index contributed by atoms with van der Waals surface area (Å²) in [6.45, 7) is 1.11. The van der Waals surface area contributed by atoms with Gasteiger partial charge in [-0.2, -0.15) is 13.2 Å². The molecule has 1 heterocycles. The van der Waals surface area contributed by atoms with Gasteiger partial charge in [-0.3, -0.25) is 9.80 Å². The smallest absolute Gasteiger partial charge is 0.293 e. The van der Waals surface area contributed by atoms with E-state index in [0.29, 0.717) is 13.2 Å². The first-order valence-corrected chi connectivity index (χ1v) is 3.95. The molecule has 1 aliphatic heterocycles. The van der Waals surface area contributed by atoms with Crippen LogP contribution in [0.5, 0.6) is 0 Å². The monoisotopic (exact) mass is 182 g/mol. The third kappa shape index (κ3) is 3.40. The van der Waals surface area contributed by atoms with E-state index in [-0.39, 0.29) is 0 Å². The molecule has 12 heavy (non-hydrogen) atoms. The molecule has 1 aliphatic rings. The van der Waals surface area contributed by atoms with Crippen molar-refractivity contribution in [1.82, 2.24) is 9.80 Å². The van der Waals surface area contributed by atoms with Crippen LogP contribution in [0.2, 0.25) is 0 Å². The number of alkyl halides is 3. The summed E-state index contributed by atoms with van der Waals surface area (Å²) >= 11 is 0. The topological polar surface area (TPSA) is 6.48 Å². The molecule has 0 aromatic rings. The third-order valence-electron chi connectivity index (χ3n) is 1.86. The first-order chi connectivity index (χ1) is 5.47. The molecule has 0 bridgehead atoms. The van der Waals surface area contributed by atoms with E-state index in [1.807, 2.05) is 11.9 Å². The summed E-state index contributed by atoms with van der Waals surface area (Å²) in [7, 11) is 1.84. The minimum absolute atomic E-state index is 0.430. The molecule has 2 nitrogen and oxygen atoms in total. The van der Waals surface area contributed by atoms with Crippen LogP contribution >= 0.6 is 0 Å². The van der Waals surface area contributed by atoms with Gasteiger partial charge in [0.15, 0.2) is 0 Å². The van der Waals surface area contributed by atoms with Crippen LogP contribution in [0.1, 0.15) is 6.42 Å². The maximum atomic E-state index is 11.9. The van der Waals surface area contributed by atoms with Gasteiger partial charge in [-0.1, -0.05) is 0 Å². The molecule has 0 aromatic heterocycles. The van der Waals surface area contributed by atoms with Crippen molar-refractivity contribution in [3.8, 4) is 0 Å². The van der Waals surface area contributed by atoms with E-state index in [2.05, 4.69) is 0 Å². The molecule has 0 aliphatic carbocycles. The van der Waals surface area contributed by atoms with Crippen molar-refractivity contribution >= 4 is 0 Å². The van der Waals surface area contributed by atoms with Gasteiger partial charge in [-0.15, -0.1) is 0 Å². The van der Waals surface area contributed by atoms with Crippen LogP contribution in [0, 0.1) is 0 Å². The highest BCUT2D eigenvalue weighted by molar-refractivity contribution is 4.68. The summed E-state index contributed by atoms with van der Waals surface area (Å²) in [5.74, 6) is 0. The first-order valence-electron chi connectivity index (χ1n) is 3.95. The zero-order valence-corrected chi connectivity index (χ0v) is 7.06. The van der Waals surface area contributed by atoms with Gasteiger partial charge in [0.25, 0.3) is 0 Å². The van der Waals surface area contributed by atoms with Gasteiger partial charge in [-0.25, -0.2) is 0 Å². The molecule has 0 spiro atoms. The van der Waals surface area contributed by atoms with Crippen molar-refractivity contribution in [2.24, 2.45) is 0 Å². The van der Waals surface area contributed by atoms with Crippen LogP contribution in [-0.2, 0) is 0 Å². The van der Waals surface area contributed by atoms with E-state index < -0.39 is 12.7 Å². The zero-order valence-electron chi connectivity index (χ0n) is 7.06. The van der Waals surface area contributed by atoms with Gasteiger partial charge in [0, 0.05) is 13.1 Å². The van der Waals surface area contributed by atoms with E-state index in [9.17, 15) is 13.2 Å². The van der Waals surface area contributed by atoms with Crippen LogP contribution in [0.15, 0.2) is 0 Å². The van der Waals surface area contributed by atoms with Gasteiger partial charge < -0.3 is 0 Å². The van der Waals surface area contributed by atoms with E-state index in [4.69, 9.17) is 0 Å². The Labute approximate surface area is 69.9 Å². The van der Waals surface area contributed by atoms with Crippen LogP contribution in [0.4, 0.5) is 13.2 Å². The predicted octanol–water partition coefficient (Wildman–Crippen LogP) is 1.14. The number of hydrogen-bond acceptors (Lipinski definition) is 2. The van der Waals surface area contributed by atoms with Crippen molar-refractivity contribution in [2.75, 3.05) is 33.4 Å². The lowest BCUT2D eigenvalue weighted by atomic mass is 10.3. The van der Waals surface area contributed by atoms with Crippen LogP contribution < -0.4 is 0 Å². The average Bonchev–Trinajstić information content (AvgIpc) is 1.82. The van der Waals surface area contributed by atoms with Crippen LogP contribution in [0.25, 0.3) is 0 Å². The lowest BCUT2D eigenvalue weighted by Gasteiger charge is -2.33.